The highest BCUT2D eigenvalue weighted by Gasteiger charge is 2.29. The number of carbonyl (C=O) groups excluding carboxylic acids is 1. The van der Waals surface area contributed by atoms with Crippen LogP contribution in [0.25, 0.3) is 0 Å². The molecule has 0 aliphatic heterocycles. The van der Waals surface area contributed by atoms with E-state index in [4.69, 9.17) is 4.74 Å². The molecule has 4 aromatic rings. The van der Waals surface area contributed by atoms with Gasteiger partial charge < -0.3 is 10.1 Å². The van der Waals surface area contributed by atoms with Gasteiger partial charge in [-0.25, -0.2) is 8.42 Å². The fourth-order valence-corrected chi connectivity index (χ4v) is 5.77. The molecule has 0 atom stereocenters. The van der Waals surface area contributed by atoms with Crippen LogP contribution in [0.3, 0.4) is 0 Å². The Hall–Kier alpha value is -3.75. The second-order valence-electron chi connectivity index (χ2n) is 7.84. The number of nitrogens with zero attached hydrogens (tertiary/aromatic N) is 1. The normalized spacial score (nSPS) is 11.1. The number of hydrogen-bond donors (Lipinski definition) is 1. The smallest absolute Gasteiger partial charge is 0.264 e. The highest BCUT2D eigenvalue weighted by atomic mass is 32.2. The first kappa shape index (κ1) is 25.3. The largest absolute Gasteiger partial charge is 0.497 e. The van der Waals surface area contributed by atoms with Crippen molar-refractivity contribution in [2.24, 2.45) is 0 Å². The minimum Gasteiger partial charge on any atom is -0.497 e. The highest BCUT2D eigenvalue weighted by Crippen LogP contribution is 2.31. The van der Waals surface area contributed by atoms with Crippen molar-refractivity contribution in [3.8, 4) is 5.75 Å². The molecule has 4 rings (SSSR count). The molecular weight excluding hydrogens is 492 g/mol. The van der Waals surface area contributed by atoms with Gasteiger partial charge in [0.1, 0.15) is 5.75 Å². The van der Waals surface area contributed by atoms with Crippen LogP contribution < -0.4 is 14.4 Å². The van der Waals surface area contributed by atoms with E-state index in [0.29, 0.717) is 11.4 Å². The second-order valence-corrected chi connectivity index (χ2v) is 10.6. The first-order chi connectivity index (χ1) is 17.4. The van der Waals surface area contributed by atoms with E-state index < -0.39 is 15.9 Å². The lowest BCUT2D eigenvalue weighted by Gasteiger charge is -2.27. The van der Waals surface area contributed by atoms with Crippen LogP contribution in [0.1, 0.15) is 15.9 Å². The number of anilines is 2. The van der Waals surface area contributed by atoms with Gasteiger partial charge in [0.2, 0.25) is 0 Å². The molecular formula is C28H26N2O4S2. The lowest BCUT2D eigenvalue weighted by molar-refractivity contribution is 0.102. The lowest BCUT2D eigenvalue weighted by Crippen LogP contribution is -2.32. The Kier molecular flexibility index (Phi) is 7.97. The molecule has 0 bridgehead atoms. The van der Waals surface area contributed by atoms with E-state index in [-0.39, 0.29) is 22.7 Å². The quantitative estimate of drug-likeness (QED) is 0.272. The summed E-state index contributed by atoms with van der Waals surface area (Å²) in [6, 6.07) is 29.7. The molecule has 0 aromatic heterocycles. The zero-order valence-electron chi connectivity index (χ0n) is 19.9. The van der Waals surface area contributed by atoms with Crippen LogP contribution >= 0.6 is 11.8 Å². The monoisotopic (exact) mass is 518 g/mol. The van der Waals surface area contributed by atoms with Crippen molar-refractivity contribution in [3.63, 3.8) is 0 Å². The predicted octanol–water partition coefficient (Wildman–Crippen LogP) is 6.06. The van der Waals surface area contributed by atoms with Crippen molar-refractivity contribution in [1.29, 1.82) is 0 Å². The summed E-state index contributed by atoms with van der Waals surface area (Å²) in [5.41, 5.74) is 1.99. The summed E-state index contributed by atoms with van der Waals surface area (Å²) in [5.74, 6) is 0.158. The molecule has 1 amide bonds. The Morgan fingerprint density at radius 1 is 0.861 bits per heavy atom. The van der Waals surface area contributed by atoms with Crippen molar-refractivity contribution in [1.82, 2.24) is 0 Å². The van der Waals surface area contributed by atoms with Gasteiger partial charge in [0.15, 0.2) is 0 Å². The van der Waals surface area contributed by atoms with E-state index in [1.54, 1.807) is 36.4 Å². The number of nitrogens with one attached hydrogen (secondary N) is 1. The summed E-state index contributed by atoms with van der Waals surface area (Å²) in [4.78, 5) is 14.5. The molecule has 0 heterocycles. The average molecular weight is 519 g/mol. The van der Waals surface area contributed by atoms with Crippen LogP contribution in [0.5, 0.6) is 5.75 Å². The van der Waals surface area contributed by atoms with E-state index in [9.17, 15) is 13.2 Å². The third-order valence-corrected chi connectivity index (χ3v) is 8.16. The summed E-state index contributed by atoms with van der Waals surface area (Å²) in [6.45, 7) is 0.0564. The first-order valence-electron chi connectivity index (χ1n) is 11.2. The Labute approximate surface area is 216 Å². The van der Waals surface area contributed by atoms with Crippen LogP contribution in [0.15, 0.2) is 113 Å². The molecule has 0 spiro atoms. The zero-order valence-corrected chi connectivity index (χ0v) is 21.6. The highest BCUT2D eigenvalue weighted by molar-refractivity contribution is 7.98. The number of thioether (sulfide) groups is 1. The molecule has 0 fully saturated rings. The number of hydrogen-bond acceptors (Lipinski definition) is 5. The van der Waals surface area contributed by atoms with Crippen LogP contribution in [-0.4, -0.2) is 27.7 Å². The maximum absolute atomic E-state index is 13.9. The number of sulfonamides is 1. The van der Waals surface area contributed by atoms with Gasteiger partial charge in [0.05, 0.1) is 35.5 Å². The van der Waals surface area contributed by atoms with Crippen molar-refractivity contribution < 1.29 is 17.9 Å². The average Bonchev–Trinajstić information content (AvgIpc) is 2.92. The van der Waals surface area contributed by atoms with E-state index in [0.717, 1.165) is 10.5 Å². The van der Waals surface area contributed by atoms with Crippen LogP contribution in [0, 0.1) is 0 Å². The van der Waals surface area contributed by atoms with Crippen molar-refractivity contribution in [2.75, 3.05) is 23.0 Å². The molecule has 36 heavy (non-hydrogen) atoms. The molecule has 0 radical (unpaired) electrons. The molecule has 6 nitrogen and oxygen atoms in total. The van der Waals surface area contributed by atoms with Crippen molar-refractivity contribution >= 4 is 39.1 Å². The van der Waals surface area contributed by atoms with E-state index in [1.165, 1.54) is 35.3 Å². The fourth-order valence-electron chi connectivity index (χ4n) is 3.74. The van der Waals surface area contributed by atoms with Gasteiger partial charge in [0, 0.05) is 4.90 Å². The number of rotatable bonds is 9. The molecule has 0 unspecified atom stereocenters. The summed E-state index contributed by atoms with van der Waals surface area (Å²) < 4.78 is 34.3. The van der Waals surface area contributed by atoms with Crippen LogP contribution in [-0.2, 0) is 16.6 Å². The number of para-hydroxylation sites is 2. The fraction of sp³-hybridized carbons (Fsp3) is 0.107. The molecule has 1 N–H and O–H groups in total. The van der Waals surface area contributed by atoms with Crippen LogP contribution in [0.4, 0.5) is 11.4 Å². The third-order valence-electron chi connectivity index (χ3n) is 5.59. The Morgan fingerprint density at radius 2 is 1.50 bits per heavy atom. The third kappa shape index (κ3) is 5.56. The Bertz CT molecular complexity index is 1440. The maximum Gasteiger partial charge on any atom is 0.264 e. The summed E-state index contributed by atoms with van der Waals surface area (Å²) in [7, 11) is -2.50. The van der Waals surface area contributed by atoms with Crippen molar-refractivity contribution in [3.05, 3.63) is 114 Å². The molecule has 0 aliphatic rings. The minimum atomic E-state index is -4.03. The van der Waals surface area contributed by atoms with Crippen molar-refractivity contribution in [2.45, 2.75) is 16.3 Å². The number of methoxy groups -OCH3 is 1. The number of ether oxygens (including phenoxy) is 1. The number of amides is 1. The minimum absolute atomic E-state index is 0.0564. The Morgan fingerprint density at radius 3 is 2.19 bits per heavy atom. The van der Waals surface area contributed by atoms with Gasteiger partial charge in [-0.05, 0) is 60.4 Å². The van der Waals surface area contributed by atoms with E-state index in [1.807, 2.05) is 60.9 Å². The second kappa shape index (κ2) is 11.3. The van der Waals surface area contributed by atoms with Gasteiger partial charge in [-0.15, -0.1) is 11.8 Å². The molecule has 0 aliphatic carbocycles. The summed E-state index contributed by atoms with van der Waals surface area (Å²) in [5, 5.41) is 2.95. The number of benzene rings is 4. The predicted molar refractivity (Wildman–Crippen MR) is 145 cm³/mol. The van der Waals surface area contributed by atoms with E-state index >= 15 is 0 Å². The zero-order chi connectivity index (χ0) is 25.5. The SMILES string of the molecule is COc1ccc(S(=O)(=O)N(Cc2ccccc2)c2ccccc2C(=O)Nc2ccccc2SC)cc1. The van der Waals surface area contributed by atoms with E-state index in [2.05, 4.69) is 5.32 Å². The topological polar surface area (TPSA) is 75.7 Å². The standard InChI is InChI=1S/C28H26N2O4S2/c1-34-22-16-18-23(19-17-22)36(32,33)30(20-21-10-4-3-5-11-21)26-14-8-6-12-24(26)28(31)29-25-13-7-9-15-27(25)35-2/h3-19H,20H2,1-2H3,(H,29,31). The van der Waals surface area contributed by atoms with Gasteiger partial charge in [-0.2, -0.15) is 0 Å². The Balaban J connectivity index is 1.79. The molecule has 4 aromatic carbocycles. The molecule has 184 valence electrons. The van der Waals surface area contributed by atoms with Gasteiger partial charge in [0.25, 0.3) is 15.9 Å². The maximum atomic E-state index is 13.9. The number of carbonyl (C=O) groups is 1. The first-order valence-corrected chi connectivity index (χ1v) is 13.8. The van der Waals surface area contributed by atoms with Gasteiger partial charge >= 0.3 is 0 Å². The molecule has 8 heteroatoms. The van der Waals surface area contributed by atoms with Crippen LogP contribution in [0.2, 0.25) is 0 Å². The molecule has 0 saturated carbocycles. The summed E-state index contributed by atoms with van der Waals surface area (Å²) in [6.07, 6.45) is 1.93. The molecule has 0 saturated heterocycles. The summed E-state index contributed by atoms with van der Waals surface area (Å²) >= 11 is 1.52. The lowest BCUT2D eigenvalue weighted by atomic mass is 10.1. The van der Waals surface area contributed by atoms with Gasteiger partial charge in [-0.1, -0.05) is 54.6 Å². The van der Waals surface area contributed by atoms with Gasteiger partial charge in [-0.3, -0.25) is 9.10 Å².